The van der Waals surface area contributed by atoms with Gasteiger partial charge in [-0.1, -0.05) is 12.1 Å². The van der Waals surface area contributed by atoms with Crippen molar-refractivity contribution >= 4 is 17.4 Å². The quantitative estimate of drug-likeness (QED) is 0.560. The van der Waals surface area contributed by atoms with Crippen LogP contribution in [0.25, 0.3) is 11.3 Å². The number of nitrogens with one attached hydrogen (secondary N) is 2. The molecule has 156 valence electrons. The van der Waals surface area contributed by atoms with Gasteiger partial charge in [0.1, 0.15) is 5.75 Å². The summed E-state index contributed by atoms with van der Waals surface area (Å²) in [6.45, 7) is 3.25. The first-order valence-corrected chi connectivity index (χ1v) is 10.1. The van der Waals surface area contributed by atoms with E-state index in [9.17, 15) is 4.79 Å². The van der Waals surface area contributed by atoms with Gasteiger partial charge in [0, 0.05) is 42.7 Å². The van der Waals surface area contributed by atoms with Gasteiger partial charge in [0.2, 0.25) is 5.91 Å². The lowest BCUT2D eigenvalue weighted by molar-refractivity contribution is -0.116. The molecule has 3 aromatic rings. The van der Waals surface area contributed by atoms with Crippen molar-refractivity contribution in [1.82, 2.24) is 10.2 Å². The number of hydrogen-bond acceptors (Lipinski definition) is 5. The third kappa shape index (κ3) is 3.89. The van der Waals surface area contributed by atoms with Crippen molar-refractivity contribution in [3.63, 3.8) is 0 Å². The molecule has 0 aliphatic carbocycles. The van der Waals surface area contributed by atoms with Crippen LogP contribution in [0.1, 0.15) is 30.4 Å². The molecule has 2 aromatic carbocycles. The number of amides is 1. The number of carbonyl (C=O) groups is 1. The Kier molecular flexibility index (Phi) is 5.72. The van der Waals surface area contributed by atoms with E-state index in [1.807, 2.05) is 67.4 Å². The highest BCUT2D eigenvalue weighted by Crippen LogP contribution is 2.42. The number of aliphatic hydroxyl groups is 1. The normalized spacial score (nSPS) is 15.4. The fraction of sp³-hybridized carbons (Fsp3) is 0.304. The van der Waals surface area contributed by atoms with E-state index in [1.54, 1.807) is 0 Å². The van der Waals surface area contributed by atoms with E-state index in [2.05, 4.69) is 15.5 Å². The molecule has 0 spiro atoms. The number of H-pyrrole nitrogens is 1. The van der Waals surface area contributed by atoms with Crippen LogP contribution >= 0.6 is 0 Å². The lowest BCUT2D eigenvalue weighted by Gasteiger charge is -2.24. The molecule has 0 saturated carbocycles. The molecule has 30 heavy (non-hydrogen) atoms. The second kappa shape index (κ2) is 8.59. The van der Waals surface area contributed by atoms with Crippen molar-refractivity contribution < 1.29 is 14.6 Å². The molecular formula is C23H26N4O3. The van der Waals surface area contributed by atoms with E-state index >= 15 is 0 Å². The van der Waals surface area contributed by atoms with Crippen molar-refractivity contribution in [1.29, 1.82) is 0 Å². The maximum atomic E-state index is 12.3. The molecule has 7 heteroatoms. The molecule has 7 nitrogen and oxygen atoms in total. The van der Waals surface area contributed by atoms with E-state index in [-0.39, 0.29) is 18.4 Å². The molecule has 2 heterocycles. The summed E-state index contributed by atoms with van der Waals surface area (Å²) in [5.74, 6) is 1.27. The maximum absolute atomic E-state index is 12.3. The summed E-state index contributed by atoms with van der Waals surface area (Å²) in [6.07, 6.45) is 0.363. The summed E-state index contributed by atoms with van der Waals surface area (Å²) in [7, 11) is 1.94. The number of likely N-dealkylation sites (N-methyl/N-ethyl adjacent to an activating group) is 1. The third-order valence-corrected chi connectivity index (χ3v) is 5.43. The molecule has 1 amide bonds. The summed E-state index contributed by atoms with van der Waals surface area (Å²) >= 11 is 0. The molecule has 0 saturated heterocycles. The van der Waals surface area contributed by atoms with E-state index < -0.39 is 0 Å². The fourth-order valence-electron chi connectivity index (χ4n) is 3.89. The monoisotopic (exact) mass is 406 g/mol. The van der Waals surface area contributed by atoms with Gasteiger partial charge in [-0.25, -0.2) is 0 Å². The second-order valence-corrected chi connectivity index (χ2v) is 7.36. The zero-order valence-corrected chi connectivity index (χ0v) is 17.2. The van der Waals surface area contributed by atoms with E-state index in [1.165, 1.54) is 0 Å². The van der Waals surface area contributed by atoms with Crippen LogP contribution in [0.4, 0.5) is 11.5 Å². The van der Waals surface area contributed by atoms with Crippen LogP contribution in [0.2, 0.25) is 0 Å². The molecule has 4 rings (SSSR count). The summed E-state index contributed by atoms with van der Waals surface area (Å²) in [5.41, 5.74) is 4.97. The Bertz CT molecular complexity index is 1010. The van der Waals surface area contributed by atoms with Gasteiger partial charge < -0.3 is 20.1 Å². The van der Waals surface area contributed by atoms with Crippen molar-refractivity contribution in [2.45, 2.75) is 19.3 Å². The number of benzene rings is 2. The number of aromatic amines is 1. The standard InChI is InChI=1S/C23H26N4O3/c1-3-30-18-10-6-16(7-11-18)22-21-19(14-20(29)24-23(21)26-25-22)15-4-8-17(9-5-15)27(2)12-13-28/h4-11,19,28H,3,12-14H2,1-2H3,(H2,24,25,26,29). The Morgan fingerprint density at radius 2 is 1.90 bits per heavy atom. The largest absolute Gasteiger partial charge is 0.494 e. The van der Waals surface area contributed by atoms with Gasteiger partial charge in [-0.3, -0.25) is 9.89 Å². The minimum Gasteiger partial charge on any atom is -0.494 e. The van der Waals surface area contributed by atoms with Gasteiger partial charge in [-0.15, -0.1) is 0 Å². The van der Waals surface area contributed by atoms with Gasteiger partial charge in [-0.2, -0.15) is 5.10 Å². The van der Waals surface area contributed by atoms with Gasteiger partial charge in [0.15, 0.2) is 5.82 Å². The highest BCUT2D eigenvalue weighted by molar-refractivity contribution is 5.96. The molecular weight excluding hydrogens is 380 g/mol. The molecule has 3 N–H and O–H groups in total. The number of rotatable bonds is 7. The first-order chi connectivity index (χ1) is 14.6. The zero-order valence-electron chi connectivity index (χ0n) is 17.2. The van der Waals surface area contributed by atoms with Gasteiger partial charge in [0.05, 0.1) is 18.9 Å². The van der Waals surface area contributed by atoms with Crippen LogP contribution in [0.3, 0.4) is 0 Å². The predicted molar refractivity (Wildman–Crippen MR) is 117 cm³/mol. The van der Waals surface area contributed by atoms with Crippen LogP contribution in [-0.4, -0.2) is 48.0 Å². The highest BCUT2D eigenvalue weighted by atomic mass is 16.5. The molecule has 1 aliphatic rings. The van der Waals surface area contributed by atoms with Gasteiger partial charge in [0.25, 0.3) is 0 Å². The number of aromatic nitrogens is 2. The van der Waals surface area contributed by atoms with E-state index in [4.69, 9.17) is 9.84 Å². The van der Waals surface area contributed by atoms with E-state index in [0.29, 0.717) is 25.4 Å². The molecule has 0 fully saturated rings. The molecule has 0 radical (unpaired) electrons. The number of carbonyl (C=O) groups excluding carboxylic acids is 1. The van der Waals surface area contributed by atoms with Crippen LogP contribution < -0.4 is 15.0 Å². The van der Waals surface area contributed by atoms with Crippen molar-refractivity contribution in [2.24, 2.45) is 0 Å². The number of fused-ring (bicyclic) bond motifs is 1. The Hall–Kier alpha value is -3.32. The van der Waals surface area contributed by atoms with Crippen LogP contribution in [-0.2, 0) is 4.79 Å². The lowest BCUT2D eigenvalue weighted by atomic mass is 9.84. The number of anilines is 2. The smallest absolute Gasteiger partial charge is 0.226 e. The fourth-order valence-corrected chi connectivity index (χ4v) is 3.89. The second-order valence-electron chi connectivity index (χ2n) is 7.36. The average Bonchev–Trinajstić information content (AvgIpc) is 3.18. The molecule has 1 atom stereocenters. The Labute approximate surface area is 175 Å². The Morgan fingerprint density at radius 1 is 1.17 bits per heavy atom. The zero-order chi connectivity index (χ0) is 21.1. The minimum atomic E-state index is -0.0914. The third-order valence-electron chi connectivity index (χ3n) is 5.43. The summed E-state index contributed by atoms with van der Waals surface area (Å²) in [6, 6.07) is 16.0. The first kappa shape index (κ1) is 20.0. The van der Waals surface area contributed by atoms with Crippen molar-refractivity contribution in [3.8, 4) is 17.0 Å². The number of aliphatic hydroxyl groups excluding tert-OH is 1. The topological polar surface area (TPSA) is 90.5 Å². The maximum Gasteiger partial charge on any atom is 0.226 e. The molecule has 1 aliphatic heterocycles. The molecule has 1 aromatic heterocycles. The lowest BCUT2D eigenvalue weighted by Crippen LogP contribution is -2.24. The van der Waals surface area contributed by atoms with Gasteiger partial charge >= 0.3 is 0 Å². The number of ether oxygens (including phenoxy) is 1. The molecule has 1 unspecified atom stereocenters. The summed E-state index contributed by atoms with van der Waals surface area (Å²) in [4.78, 5) is 14.3. The van der Waals surface area contributed by atoms with Gasteiger partial charge in [-0.05, 0) is 48.9 Å². The van der Waals surface area contributed by atoms with Crippen LogP contribution in [0.5, 0.6) is 5.75 Å². The molecule has 0 bridgehead atoms. The SMILES string of the molecule is CCOc1ccc(-c2[nH]nc3c2C(c2ccc(N(C)CCO)cc2)CC(=O)N3)cc1. The first-order valence-electron chi connectivity index (χ1n) is 10.1. The minimum absolute atomic E-state index is 0.0429. The van der Waals surface area contributed by atoms with Crippen LogP contribution in [0.15, 0.2) is 48.5 Å². The summed E-state index contributed by atoms with van der Waals surface area (Å²) < 4.78 is 5.54. The highest BCUT2D eigenvalue weighted by Gasteiger charge is 2.32. The van der Waals surface area contributed by atoms with E-state index in [0.717, 1.165) is 33.8 Å². The van der Waals surface area contributed by atoms with Crippen LogP contribution in [0, 0.1) is 0 Å². The van der Waals surface area contributed by atoms with Crippen molar-refractivity contribution in [3.05, 3.63) is 59.7 Å². The Balaban J connectivity index is 1.69. The number of hydrogen-bond donors (Lipinski definition) is 3. The predicted octanol–water partition coefficient (Wildman–Crippen LogP) is 3.38. The Morgan fingerprint density at radius 3 is 2.57 bits per heavy atom. The summed E-state index contributed by atoms with van der Waals surface area (Å²) in [5, 5.41) is 19.5. The number of nitrogens with zero attached hydrogens (tertiary/aromatic N) is 2. The van der Waals surface area contributed by atoms with Crippen molar-refractivity contribution in [2.75, 3.05) is 37.0 Å². The average molecular weight is 406 g/mol.